The molecule has 10 N–H and O–H groups in total. The van der Waals surface area contributed by atoms with Crippen molar-refractivity contribution < 1.29 is 71.5 Å². The van der Waals surface area contributed by atoms with Crippen molar-refractivity contribution in [1.82, 2.24) is 19.5 Å². The predicted molar refractivity (Wildman–Crippen MR) is 139 cm³/mol. The van der Waals surface area contributed by atoms with Gasteiger partial charge in [0.2, 0.25) is 0 Å². The van der Waals surface area contributed by atoms with Crippen LogP contribution in [0.25, 0.3) is 11.2 Å². The molecule has 3 aromatic rings. The van der Waals surface area contributed by atoms with Gasteiger partial charge in [0.1, 0.15) is 47.9 Å². The summed E-state index contributed by atoms with van der Waals surface area (Å²) in [6.45, 7) is -1.80. The van der Waals surface area contributed by atoms with E-state index in [9.17, 15) is 44.1 Å². The van der Waals surface area contributed by atoms with E-state index in [0.717, 1.165) is 6.33 Å². The average Bonchev–Trinajstić information content (AvgIpc) is 3.61. The molecule has 0 aliphatic carbocycles. The summed E-state index contributed by atoms with van der Waals surface area (Å²) in [5, 5.41) is 41.6. The second-order valence-corrected chi connectivity index (χ2v) is 12.7. The molecule has 5 rings (SSSR count). The summed E-state index contributed by atoms with van der Waals surface area (Å²) in [6, 6.07) is 2.83. The zero-order valence-corrected chi connectivity index (χ0v) is 24.0. The van der Waals surface area contributed by atoms with Crippen LogP contribution in [0, 0.1) is 0 Å². The number of amides is 1. The van der Waals surface area contributed by atoms with Gasteiger partial charge in [-0.3, -0.25) is 18.4 Å². The van der Waals surface area contributed by atoms with E-state index in [0.29, 0.717) is 0 Å². The van der Waals surface area contributed by atoms with E-state index in [4.69, 9.17) is 25.5 Å². The molecule has 2 unspecified atom stereocenters. The second kappa shape index (κ2) is 12.4. The van der Waals surface area contributed by atoms with Crippen LogP contribution in [0.1, 0.15) is 22.8 Å². The van der Waals surface area contributed by atoms with Gasteiger partial charge in [-0.05, 0) is 6.07 Å². The van der Waals surface area contributed by atoms with E-state index in [-0.39, 0.29) is 22.5 Å². The maximum atomic E-state index is 12.4. The molecule has 44 heavy (non-hydrogen) atoms. The SMILES string of the molecule is NC(=O)c1ccc[n+]([C@@H]2O[C@H](COP(=O)(O)OP(=O)(O)OC[C@H]3O[C@H](n4cnc5c(N)ncnc54)[C@H](O)[C@@H]3O)[C@H](O)[C@@H]2O)c1. The lowest BCUT2D eigenvalue weighted by Gasteiger charge is -2.20. The van der Waals surface area contributed by atoms with Crippen LogP contribution in [-0.2, 0) is 32.0 Å². The number of phosphoric acid groups is 2. The van der Waals surface area contributed by atoms with Crippen molar-refractivity contribution >= 4 is 38.5 Å². The molecule has 2 aliphatic heterocycles. The quantitative estimate of drug-likeness (QED) is 0.0747. The van der Waals surface area contributed by atoms with Gasteiger partial charge in [-0.25, -0.2) is 24.1 Å². The van der Waals surface area contributed by atoms with Crippen molar-refractivity contribution in [3.05, 3.63) is 42.7 Å². The molecule has 1 amide bonds. The van der Waals surface area contributed by atoms with Gasteiger partial charge in [-0.15, -0.1) is 0 Å². The Bertz CT molecular complexity index is 1630. The molecule has 0 spiro atoms. The Morgan fingerprint density at radius 3 is 2.27 bits per heavy atom. The lowest BCUT2D eigenvalue weighted by atomic mass is 10.1. The van der Waals surface area contributed by atoms with E-state index in [1.807, 2.05) is 0 Å². The molecule has 21 nitrogen and oxygen atoms in total. The first kappa shape index (κ1) is 32.4. The van der Waals surface area contributed by atoms with Crippen LogP contribution >= 0.6 is 15.6 Å². The number of anilines is 1. The number of nitrogens with two attached hydrogens (primary N) is 2. The number of primary amides is 1. The Labute approximate surface area is 246 Å². The van der Waals surface area contributed by atoms with E-state index in [2.05, 4.69) is 23.8 Å². The summed E-state index contributed by atoms with van der Waals surface area (Å²) in [6.07, 6.45) is -6.85. The topological polar surface area (TPSA) is 318 Å². The normalized spacial score (nSPS) is 31.6. The number of phosphoric ester groups is 2. The van der Waals surface area contributed by atoms with Gasteiger partial charge in [0.05, 0.1) is 19.5 Å². The first-order valence-electron chi connectivity index (χ1n) is 12.6. The molecule has 3 aromatic heterocycles. The lowest BCUT2D eigenvalue weighted by molar-refractivity contribution is -0.765. The number of aliphatic hydroxyl groups excluding tert-OH is 4. The lowest BCUT2D eigenvalue weighted by Crippen LogP contribution is -2.46. The first-order valence-corrected chi connectivity index (χ1v) is 15.6. The minimum Gasteiger partial charge on any atom is -0.387 e. The Morgan fingerprint density at radius 2 is 1.61 bits per heavy atom. The molecule has 10 atom stereocenters. The number of imidazole rings is 1. The summed E-state index contributed by atoms with van der Waals surface area (Å²) in [5.74, 6) is -0.714. The summed E-state index contributed by atoms with van der Waals surface area (Å²) < 4.78 is 52.0. The standard InChI is InChI=1S/C21H27N7O14P2/c22-17-12-19(25-7-24-17)28(8-26-12)21-16(32)14(30)11(41-21)6-39-44(36,37)42-43(34,35)38-5-10-13(29)15(31)20(40-10)27-3-1-2-9(4-27)18(23)33/h1-4,7-8,10-11,13-16,20-21,29-32H,5-6H2,(H5-,22,23,24,25,33,34,35,36,37)/p+1/t10-,11-,13+,14-,15+,16-,20-,21+/m1/s1. The molecule has 2 saturated heterocycles. The highest BCUT2D eigenvalue weighted by molar-refractivity contribution is 7.61. The minimum atomic E-state index is -5.37. The van der Waals surface area contributed by atoms with Gasteiger partial charge < -0.3 is 51.2 Å². The van der Waals surface area contributed by atoms with Gasteiger partial charge in [-0.2, -0.15) is 8.88 Å². The Balaban J connectivity index is 1.16. The van der Waals surface area contributed by atoms with E-state index in [1.54, 1.807) is 0 Å². The highest BCUT2D eigenvalue weighted by Crippen LogP contribution is 2.60. The molecule has 0 saturated carbocycles. The average molecular weight is 664 g/mol. The number of hydrogen-bond acceptors (Lipinski definition) is 16. The van der Waals surface area contributed by atoms with Crippen molar-refractivity contribution in [1.29, 1.82) is 0 Å². The fourth-order valence-corrected chi connectivity index (χ4v) is 6.67. The third-order valence-electron chi connectivity index (χ3n) is 6.75. The number of nitrogens with zero attached hydrogens (tertiary/aromatic N) is 5. The maximum Gasteiger partial charge on any atom is 0.481 e. The van der Waals surface area contributed by atoms with E-state index >= 15 is 0 Å². The summed E-state index contributed by atoms with van der Waals surface area (Å²) in [7, 11) is -10.7. The molecular weight excluding hydrogens is 636 g/mol. The Hall–Kier alpha value is -3.01. The van der Waals surface area contributed by atoms with Gasteiger partial charge in [0, 0.05) is 6.07 Å². The van der Waals surface area contributed by atoms with Gasteiger partial charge >= 0.3 is 15.6 Å². The van der Waals surface area contributed by atoms with Gasteiger partial charge in [0.25, 0.3) is 12.1 Å². The van der Waals surface area contributed by atoms with Gasteiger partial charge in [0.15, 0.2) is 36.2 Å². The number of ether oxygens (including phenoxy) is 2. The van der Waals surface area contributed by atoms with Crippen molar-refractivity contribution in [2.75, 3.05) is 18.9 Å². The van der Waals surface area contributed by atoms with Crippen LogP contribution < -0.4 is 16.0 Å². The number of fused-ring (bicyclic) bond motifs is 1. The number of carbonyl (C=O) groups excluding carboxylic acids is 1. The van der Waals surface area contributed by atoms with Crippen LogP contribution in [0.2, 0.25) is 0 Å². The zero-order chi connectivity index (χ0) is 32.0. The van der Waals surface area contributed by atoms with Crippen LogP contribution in [0.3, 0.4) is 0 Å². The van der Waals surface area contributed by atoms with Crippen molar-refractivity contribution in [2.45, 2.75) is 49.1 Å². The Kier molecular flexibility index (Phi) is 9.13. The third-order valence-corrected chi connectivity index (χ3v) is 9.35. The molecule has 240 valence electrons. The van der Waals surface area contributed by atoms with E-state index < -0.39 is 83.8 Å². The summed E-state index contributed by atoms with van der Waals surface area (Å²) in [5.41, 5.74) is 11.4. The van der Waals surface area contributed by atoms with Crippen molar-refractivity contribution in [3.8, 4) is 0 Å². The highest BCUT2D eigenvalue weighted by atomic mass is 31.3. The molecule has 2 fully saturated rings. The minimum absolute atomic E-state index is 0.0505. The Morgan fingerprint density at radius 1 is 0.977 bits per heavy atom. The van der Waals surface area contributed by atoms with Crippen molar-refractivity contribution in [3.63, 3.8) is 0 Å². The number of nitrogen functional groups attached to an aromatic ring is 1. The first-order chi connectivity index (χ1) is 20.7. The number of hydrogen-bond donors (Lipinski definition) is 8. The molecule has 23 heteroatoms. The fourth-order valence-electron chi connectivity index (χ4n) is 4.58. The third kappa shape index (κ3) is 6.65. The monoisotopic (exact) mass is 664 g/mol. The van der Waals surface area contributed by atoms with Crippen LogP contribution in [0.4, 0.5) is 5.82 Å². The number of pyridine rings is 1. The number of aromatic nitrogens is 5. The van der Waals surface area contributed by atoms with E-state index in [1.165, 1.54) is 40.0 Å². The smallest absolute Gasteiger partial charge is 0.387 e. The van der Waals surface area contributed by atoms with Crippen molar-refractivity contribution in [2.24, 2.45) is 5.73 Å². The van der Waals surface area contributed by atoms with Crippen LogP contribution in [0.15, 0.2) is 37.2 Å². The molecule has 0 bridgehead atoms. The number of aliphatic hydroxyl groups is 4. The largest absolute Gasteiger partial charge is 0.481 e. The molecule has 2 aliphatic rings. The van der Waals surface area contributed by atoms with Crippen LogP contribution in [-0.4, -0.2) is 105 Å². The summed E-state index contributed by atoms with van der Waals surface area (Å²) >= 11 is 0. The molecular formula is C21H28N7O14P2+. The zero-order valence-electron chi connectivity index (χ0n) is 22.2. The maximum absolute atomic E-state index is 12.4. The van der Waals surface area contributed by atoms with Crippen LogP contribution in [0.5, 0.6) is 0 Å². The second-order valence-electron chi connectivity index (χ2n) is 9.69. The summed E-state index contributed by atoms with van der Waals surface area (Å²) in [4.78, 5) is 43.3. The predicted octanol–water partition coefficient (Wildman–Crippen LogP) is -3.02. The highest BCUT2D eigenvalue weighted by Gasteiger charge is 2.50. The fraction of sp³-hybridized carbons (Fsp3) is 0.476. The molecule has 0 aromatic carbocycles. The van der Waals surface area contributed by atoms with Gasteiger partial charge in [-0.1, -0.05) is 0 Å². The number of carbonyl (C=O) groups is 1. The number of rotatable bonds is 11. The molecule has 5 heterocycles. The molecule has 0 radical (unpaired) electrons.